The number of nitrogens with one attached hydrogen (secondary N) is 2. The zero-order valence-electron chi connectivity index (χ0n) is 23.3. The van der Waals surface area contributed by atoms with Crippen LogP contribution in [0.5, 0.6) is 5.75 Å². The molecule has 0 unspecified atom stereocenters. The maximum absolute atomic E-state index is 13.2. The number of benzene rings is 3. The highest BCUT2D eigenvalue weighted by Crippen LogP contribution is 2.31. The maximum Gasteiger partial charge on any atom is 0.255 e. The molecule has 1 saturated heterocycles. The number of hydrogen-bond donors (Lipinski definition) is 2. The molecule has 1 fully saturated rings. The van der Waals surface area contributed by atoms with Crippen LogP contribution in [0.2, 0.25) is 0 Å². The Bertz CT molecular complexity index is 1250. The first-order valence-corrected chi connectivity index (χ1v) is 14.0. The van der Waals surface area contributed by atoms with Crippen LogP contribution < -0.4 is 25.2 Å². The van der Waals surface area contributed by atoms with Crippen molar-refractivity contribution in [2.24, 2.45) is 0 Å². The van der Waals surface area contributed by atoms with Gasteiger partial charge in [-0.15, -0.1) is 0 Å². The van der Waals surface area contributed by atoms with E-state index in [1.807, 2.05) is 61.5 Å². The molecule has 0 atom stereocenters. The number of aryl methyl sites for hydroxylation is 1. The Kier molecular flexibility index (Phi) is 9.84. The largest absolute Gasteiger partial charge is 0.495 e. The minimum atomic E-state index is -0.185. The van der Waals surface area contributed by atoms with Crippen molar-refractivity contribution in [2.75, 3.05) is 55.0 Å². The Morgan fingerprint density at radius 1 is 0.821 bits per heavy atom. The average Bonchev–Trinajstić information content (AvgIpc) is 2.99. The van der Waals surface area contributed by atoms with E-state index in [4.69, 9.17) is 4.74 Å². The van der Waals surface area contributed by atoms with E-state index in [9.17, 15) is 9.59 Å². The van der Waals surface area contributed by atoms with Gasteiger partial charge in [0.25, 0.3) is 11.8 Å². The number of methoxy groups -OCH3 is 1. The van der Waals surface area contributed by atoms with E-state index in [2.05, 4.69) is 33.4 Å². The quantitative estimate of drug-likeness (QED) is 0.331. The number of nitrogens with zero attached hydrogens (tertiary/aromatic N) is 2. The highest BCUT2D eigenvalue weighted by molar-refractivity contribution is 6.06. The van der Waals surface area contributed by atoms with Crippen LogP contribution in [0, 0.1) is 0 Å². The summed E-state index contributed by atoms with van der Waals surface area (Å²) in [7, 11) is 1.69. The van der Waals surface area contributed by atoms with Crippen LogP contribution in [0.25, 0.3) is 0 Å². The lowest BCUT2D eigenvalue weighted by Crippen LogP contribution is -2.47. The predicted octanol–water partition coefficient (Wildman–Crippen LogP) is 5.76. The van der Waals surface area contributed by atoms with Gasteiger partial charge < -0.3 is 25.2 Å². The van der Waals surface area contributed by atoms with E-state index < -0.39 is 0 Å². The molecule has 2 N–H and O–H groups in total. The summed E-state index contributed by atoms with van der Waals surface area (Å²) >= 11 is 0. The van der Waals surface area contributed by atoms with Gasteiger partial charge in [0, 0.05) is 49.7 Å². The number of piperazine rings is 1. The third kappa shape index (κ3) is 7.11. The second kappa shape index (κ2) is 13.7. The van der Waals surface area contributed by atoms with Crippen molar-refractivity contribution in [1.29, 1.82) is 0 Å². The molecule has 0 radical (unpaired) electrons. The minimum absolute atomic E-state index is 0.129. The van der Waals surface area contributed by atoms with Gasteiger partial charge in [0.15, 0.2) is 0 Å². The molecule has 3 aromatic carbocycles. The smallest absolute Gasteiger partial charge is 0.255 e. The van der Waals surface area contributed by atoms with Gasteiger partial charge in [0.05, 0.1) is 18.4 Å². The lowest BCUT2D eigenvalue weighted by molar-refractivity contribution is 0.0952. The Morgan fingerprint density at radius 3 is 2.18 bits per heavy atom. The molecule has 0 aromatic heterocycles. The number of rotatable bonds is 11. The Balaban J connectivity index is 1.49. The molecule has 39 heavy (non-hydrogen) atoms. The molecule has 2 amide bonds. The van der Waals surface area contributed by atoms with Crippen molar-refractivity contribution < 1.29 is 14.3 Å². The first-order valence-electron chi connectivity index (χ1n) is 14.0. The van der Waals surface area contributed by atoms with E-state index in [1.165, 1.54) is 5.56 Å². The number of carbonyl (C=O) groups excluding carboxylic acids is 2. The summed E-state index contributed by atoms with van der Waals surface area (Å²) in [5.74, 6) is 0.548. The number of ether oxygens (including phenoxy) is 1. The molecule has 0 aliphatic carbocycles. The lowest BCUT2D eigenvalue weighted by atomic mass is 10.1. The van der Waals surface area contributed by atoms with Gasteiger partial charge >= 0.3 is 0 Å². The van der Waals surface area contributed by atoms with Crippen molar-refractivity contribution >= 4 is 28.9 Å². The van der Waals surface area contributed by atoms with E-state index in [0.29, 0.717) is 23.4 Å². The van der Waals surface area contributed by atoms with E-state index in [0.717, 1.165) is 69.0 Å². The van der Waals surface area contributed by atoms with E-state index in [1.54, 1.807) is 13.2 Å². The van der Waals surface area contributed by atoms with Crippen LogP contribution in [-0.4, -0.2) is 51.6 Å². The van der Waals surface area contributed by atoms with E-state index in [-0.39, 0.29) is 11.8 Å². The topological polar surface area (TPSA) is 73.9 Å². The third-order valence-corrected chi connectivity index (χ3v) is 7.12. The average molecular weight is 529 g/mol. The maximum atomic E-state index is 13.2. The molecule has 7 heteroatoms. The SMILES string of the molecule is CCCCc1ccc(C(=O)Nc2ccc(N3CCN(c4ccccc4OC)CC3)c(C(=O)NCCC)c2)cc1. The van der Waals surface area contributed by atoms with Crippen molar-refractivity contribution in [3.05, 3.63) is 83.4 Å². The van der Waals surface area contributed by atoms with Gasteiger partial charge in [-0.05, 0) is 67.3 Å². The highest BCUT2D eigenvalue weighted by atomic mass is 16.5. The van der Waals surface area contributed by atoms with Crippen molar-refractivity contribution in [3.63, 3.8) is 0 Å². The summed E-state index contributed by atoms with van der Waals surface area (Å²) in [4.78, 5) is 30.7. The molecular weight excluding hydrogens is 488 g/mol. The fraction of sp³-hybridized carbons (Fsp3) is 0.375. The van der Waals surface area contributed by atoms with Crippen LogP contribution in [0.3, 0.4) is 0 Å². The fourth-order valence-corrected chi connectivity index (χ4v) is 4.89. The van der Waals surface area contributed by atoms with Gasteiger partial charge in [0.1, 0.15) is 5.75 Å². The first kappa shape index (κ1) is 28.0. The molecule has 0 bridgehead atoms. The van der Waals surface area contributed by atoms with Gasteiger partial charge in [-0.2, -0.15) is 0 Å². The van der Waals surface area contributed by atoms with Gasteiger partial charge in [-0.3, -0.25) is 9.59 Å². The summed E-state index contributed by atoms with van der Waals surface area (Å²) in [6, 6.07) is 21.4. The van der Waals surface area contributed by atoms with E-state index >= 15 is 0 Å². The minimum Gasteiger partial charge on any atom is -0.495 e. The Hall–Kier alpha value is -4.00. The number of hydrogen-bond acceptors (Lipinski definition) is 5. The lowest BCUT2D eigenvalue weighted by Gasteiger charge is -2.38. The molecular formula is C32H40N4O3. The zero-order valence-corrected chi connectivity index (χ0v) is 23.3. The summed E-state index contributed by atoms with van der Waals surface area (Å²) in [5, 5.41) is 5.99. The van der Waals surface area contributed by atoms with Crippen molar-refractivity contribution in [1.82, 2.24) is 5.32 Å². The molecule has 0 spiro atoms. The van der Waals surface area contributed by atoms with Gasteiger partial charge in [-0.1, -0.05) is 44.5 Å². The summed E-state index contributed by atoms with van der Waals surface area (Å²) in [5.41, 5.74) is 4.97. The Labute approximate surface area is 232 Å². The van der Waals surface area contributed by atoms with Crippen LogP contribution in [0.1, 0.15) is 59.4 Å². The molecule has 7 nitrogen and oxygen atoms in total. The predicted molar refractivity (Wildman–Crippen MR) is 159 cm³/mol. The van der Waals surface area contributed by atoms with Gasteiger partial charge in [0.2, 0.25) is 0 Å². The number of para-hydroxylation sites is 2. The van der Waals surface area contributed by atoms with Gasteiger partial charge in [-0.25, -0.2) is 0 Å². The standard InChI is InChI=1S/C32H40N4O3/c1-4-6-9-24-12-14-25(15-13-24)31(37)34-26-16-17-28(27(23-26)32(38)33-18-5-2)35-19-21-36(22-20-35)29-10-7-8-11-30(29)39-3/h7-8,10-17,23H,4-6,9,18-22H2,1-3H3,(H,33,38)(H,34,37). The number of carbonyl (C=O) groups is 2. The van der Waals surface area contributed by atoms with Crippen LogP contribution in [0.4, 0.5) is 17.1 Å². The molecule has 1 aliphatic heterocycles. The monoisotopic (exact) mass is 528 g/mol. The molecule has 0 saturated carbocycles. The van der Waals surface area contributed by atoms with Crippen LogP contribution >= 0.6 is 0 Å². The Morgan fingerprint density at radius 2 is 1.51 bits per heavy atom. The summed E-state index contributed by atoms with van der Waals surface area (Å²) < 4.78 is 5.55. The zero-order chi connectivity index (χ0) is 27.6. The molecule has 3 aromatic rings. The van der Waals surface area contributed by atoms with Crippen molar-refractivity contribution in [2.45, 2.75) is 39.5 Å². The highest BCUT2D eigenvalue weighted by Gasteiger charge is 2.24. The molecule has 4 rings (SSSR count). The molecule has 1 heterocycles. The molecule has 1 aliphatic rings. The number of anilines is 3. The number of amides is 2. The first-order chi connectivity index (χ1) is 19.0. The second-order valence-corrected chi connectivity index (χ2v) is 9.89. The fourth-order valence-electron chi connectivity index (χ4n) is 4.89. The second-order valence-electron chi connectivity index (χ2n) is 9.89. The third-order valence-electron chi connectivity index (χ3n) is 7.12. The summed E-state index contributed by atoms with van der Waals surface area (Å²) in [6.07, 6.45) is 4.15. The number of unbranched alkanes of at least 4 members (excludes halogenated alkanes) is 1. The molecule has 206 valence electrons. The normalized spacial score (nSPS) is 13.2. The summed E-state index contributed by atoms with van der Waals surface area (Å²) in [6.45, 7) is 7.95. The van der Waals surface area contributed by atoms with Crippen LogP contribution in [0.15, 0.2) is 66.7 Å². The van der Waals surface area contributed by atoms with Crippen molar-refractivity contribution in [3.8, 4) is 5.75 Å². The van der Waals surface area contributed by atoms with Crippen LogP contribution in [-0.2, 0) is 6.42 Å².